The number of nitrogens with zero attached hydrogens (tertiary/aromatic N) is 1. The minimum absolute atomic E-state index is 0.0229. The predicted octanol–water partition coefficient (Wildman–Crippen LogP) is 2.54. The first-order valence-electron chi connectivity index (χ1n) is 6.26. The number of hydrogen-bond acceptors (Lipinski definition) is 3. The highest BCUT2D eigenvalue weighted by molar-refractivity contribution is 8.00. The first-order valence-corrected chi connectivity index (χ1v) is 7.24. The van der Waals surface area contributed by atoms with Crippen LogP contribution in [-0.2, 0) is 4.79 Å². The molecule has 1 unspecified atom stereocenters. The highest BCUT2D eigenvalue weighted by Crippen LogP contribution is 2.19. The fraction of sp³-hybridized carbons (Fsp3) is 0.500. The molecule has 0 aliphatic heterocycles. The molecule has 1 aromatic rings. The van der Waals surface area contributed by atoms with Crippen molar-refractivity contribution in [1.82, 2.24) is 4.90 Å². The molecule has 0 heterocycles. The summed E-state index contributed by atoms with van der Waals surface area (Å²) >= 11 is 1.37. The van der Waals surface area contributed by atoms with Crippen LogP contribution in [-0.4, -0.2) is 40.4 Å². The van der Waals surface area contributed by atoms with Crippen LogP contribution in [0.5, 0.6) is 0 Å². The number of aliphatic hydroxyl groups excluding tert-OH is 1. The molecule has 0 aliphatic rings. The first kappa shape index (κ1) is 16.0. The lowest BCUT2D eigenvalue weighted by molar-refractivity contribution is -0.131. The predicted molar refractivity (Wildman–Crippen MR) is 75.7 cm³/mol. The molecule has 0 saturated carbocycles. The maximum Gasteiger partial charge on any atom is 0.233 e. The van der Waals surface area contributed by atoms with Crippen molar-refractivity contribution in [3.8, 4) is 0 Å². The molecular formula is C14H20FNO2S. The normalized spacial score (nSPS) is 12.5. The molecule has 0 spiro atoms. The summed E-state index contributed by atoms with van der Waals surface area (Å²) in [6.07, 6.45) is -0.540. The second-order valence-electron chi connectivity index (χ2n) is 4.73. The Kier molecular flexibility index (Phi) is 6.31. The van der Waals surface area contributed by atoms with E-state index in [0.717, 1.165) is 4.90 Å². The van der Waals surface area contributed by atoms with Crippen LogP contribution in [0.1, 0.15) is 20.8 Å². The molecule has 1 aromatic carbocycles. The quantitative estimate of drug-likeness (QED) is 0.817. The number of rotatable bonds is 6. The smallest absolute Gasteiger partial charge is 0.233 e. The second kappa shape index (κ2) is 7.50. The van der Waals surface area contributed by atoms with Crippen LogP contribution in [0.15, 0.2) is 29.2 Å². The van der Waals surface area contributed by atoms with Gasteiger partial charge in [0.15, 0.2) is 0 Å². The fourth-order valence-electron chi connectivity index (χ4n) is 1.64. The molecule has 3 nitrogen and oxygen atoms in total. The second-order valence-corrected chi connectivity index (χ2v) is 5.78. The van der Waals surface area contributed by atoms with Gasteiger partial charge in [0.1, 0.15) is 5.82 Å². The van der Waals surface area contributed by atoms with Gasteiger partial charge in [0, 0.05) is 17.5 Å². The summed E-state index contributed by atoms with van der Waals surface area (Å²) in [7, 11) is 0. The van der Waals surface area contributed by atoms with E-state index < -0.39 is 6.10 Å². The van der Waals surface area contributed by atoms with Gasteiger partial charge in [-0.15, -0.1) is 11.8 Å². The van der Waals surface area contributed by atoms with Crippen LogP contribution in [0.3, 0.4) is 0 Å². The molecule has 106 valence electrons. The number of amides is 1. The number of benzene rings is 1. The maximum absolute atomic E-state index is 12.8. The van der Waals surface area contributed by atoms with Crippen LogP contribution in [0.2, 0.25) is 0 Å². The van der Waals surface area contributed by atoms with E-state index in [0.29, 0.717) is 6.54 Å². The number of carbonyl (C=O) groups excluding carboxylic acids is 1. The third-order valence-electron chi connectivity index (χ3n) is 2.58. The molecular weight excluding hydrogens is 265 g/mol. The number of thioether (sulfide) groups is 1. The van der Waals surface area contributed by atoms with Crippen molar-refractivity contribution in [2.45, 2.75) is 37.8 Å². The lowest BCUT2D eigenvalue weighted by Gasteiger charge is -2.27. The molecule has 0 radical (unpaired) electrons. The van der Waals surface area contributed by atoms with Crippen molar-refractivity contribution in [2.75, 3.05) is 12.3 Å². The van der Waals surface area contributed by atoms with E-state index >= 15 is 0 Å². The minimum atomic E-state index is -0.540. The van der Waals surface area contributed by atoms with Gasteiger partial charge in [-0.05, 0) is 45.0 Å². The summed E-state index contributed by atoms with van der Waals surface area (Å²) < 4.78 is 12.8. The van der Waals surface area contributed by atoms with Crippen molar-refractivity contribution in [2.24, 2.45) is 0 Å². The van der Waals surface area contributed by atoms with Crippen molar-refractivity contribution < 1.29 is 14.3 Å². The van der Waals surface area contributed by atoms with Crippen LogP contribution < -0.4 is 0 Å². The summed E-state index contributed by atoms with van der Waals surface area (Å²) in [6.45, 7) is 5.84. The topological polar surface area (TPSA) is 40.5 Å². The lowest BCUT2D eigenvalue weighted by Crippen LogP contribution is -2.42. The van der Waals surface area contributed by atoms with Crippen LogP contribution in [0, 0.1) is 5.82 Å². The van der Waals surface area contributed by atoms with Gasteiger partial charge in [-0.3, -0.25) is 4.79 Å². The molecule has 19 heavy (non-hydrogen) atoms. The molecule has 0 aromatic heterocycles. The first-order chi connectivity index (χ1) is 8.90. The van der Waals surface area contributed by atoms with E-state index in [1.54, 1.807) is 24.0 Å². The van der Waals surface area contributed by atoms with Crippen molar-refractivity contribution >= 4 is 17.7 Å². The van der Waals surface area contributed by atoms with E-state index in [4.69, 9.17) is 0 Å². The molecule has 1 atom stereocenters. The molecule has 0 fully saturated rings. The summed E-state index contributed by atoms with van der Waals surface area (Å²) in [5.41, 5.74) is 0. The SMILES string of the molecule is CC(O)CN(C(=O)CSc1ccc(F)cc1)C(C)C. The Morgan fingerprint density at radius 1 is 1.32 bits per heavy atom. The van der Waals surface area contributed by atoms with Gasteiger partial charge in [0.05, 0.1) is 11.9 Å². The van der Waals surface area contributed by atoms with E-state index in [2.05, 4.69) is 0 Å². The van der Waals surface area contributed by atoms with E-state index in [9.17, 15) is 14.3 Å². The molecule has 0 bridgehead atoms. The Labute approximate surface area is 117 Å². The Hall–Kier alpha value is -1.07. The summed E-state index contributed by atoms with van der Waals surface area (Å²) in [6, 6.07) is 6.12. The zero-order valence-corrected chi connectivity index (χ0v) is 12.3. The van der Waals surface area contributed by atoms with Gasteiger partial charge >= 0.3 is 0 Å². The van der Waals surface area contributed by atoms with Gasteiger partial charge in [-0.1, -0.05) is 0 Å². The minimum Gasteiger partial charge on any atom is -0.392 e. The Morgan fingerprint density at radius 2 is 1.89 bits per heavy atom. The Balaban J connectivity index is 2.54. The van der Waals surface area contributed by atoms with Crippen molar-refractivity contribution in [3.63, 3.8) is 0 Å². The van der Waals surface area contributed by atoms with Crippen LogP contribution >= 0.6 is 11.8 Å². The van der Waals surface area contributed by atoms with E-state index in [1.807, 2.05) is 13.8 Å². The van der Waals surface area contributed by atoms with Crippen LogP contribution in [0.4, 0.5) is 4.39 Å². The number of halogens is 1. The van der Waals surface area contributed by atoms with E-state index in [1.165, 1.54) is 23.9 Å². The van der Waals surface area contributed by atoms with Gasteiger partial charge < -0.3 is 10.0 Å². The van der Waals surface area contributed by atoms with Crippen LogP contribution in [0.25, 0.3) is 0 Å². The third kappa shape index (κ3) is 5.61. The number of hydrogen-bond donors (Lipinski definition) is 1. The standard InChI is InChI=1S/C14H20FNO2S/c1-10(2)16(8-11(3)17)14(18)9-19-13-6-4-12(15)5-7-13/h4-7,10-11,17H,8-9H2,1-3H3. The molecule has 1 amide bonds. The fourth-order valence-corrected chi connectivity index (χ4v) is 2.43. The largest absolute Gasteiger partial charge is 0.392 e. The zero-order chi connectivity index (χ0) is 14.4. The zero-order valence-electron chi connectivity index (χ0n) is 11.5. The van der Waals surface area contributed by atoms with Crippen molar-refractivity contribution in [1.29, 1.82) is 0 Å². The molecule has 1 N–H and O–H groups in total. The number of carbonyl (C=O) groups is 1. The van der Waals surface area contributed by atoms with Crippen molar-refractivity contribution in [3.05, 3.63) is 30.1 Å². The molecule has 0 aliphatic carbocycles. The van der Waals surface area contributed by atoms with Gasteiger partial charge in [-0.2, -0.15) is 0 Å². The summed E-state index contributed by atoms with van der Waals surface area (Å²) in [5, 5.41) is 9.39. The Bertz CT molecular complexity index is 406. The Morgan fingerprint density at radius 3 is 2.37 bits per heavy atom. The average Bonchev–Trinajstić information content (AvgIpc) is 2.34. The summed E-state index contributed by atoms with van der Waals surface area (Å²) in [5.74, 6) is -0.0184. The van der Waals surface area contributed by atoms with Gasteiger partial charge in [0.25, 0.3) is 0 Å². The monoisotopic (exact) mass is 285 g/mol. The highest BCUT2D eigenvalue weighted by atomic mass is 32.2. The number of aliphatic hydroxyl groups is 1. The summed E-state index contributed by atoms with van der Waals surface area (Å²) in [4.78, 5) is 14.6. The lowest BCUT2D eigenvalue weighted by atomic mass is 10.2. The van der Waals surface area contributed by atoms with Gasteiger partial charge in [0.2, 0.25) is 5.91 Å². The average molecular weight is 285 g/mol. The molecule has 1 rings (SSSR count). The molecule has 5 heteroatoms. The molecule has 0 saturated heterocycles. The highest BCUT2D eigenvalue weighted by Gasteiger charge is 2.18. The van der Waals surface area contributed by atoms with E-state index in [-0.39, 0.29) is 23.5 Å². The maximum atomic E-state index is 12.8. The third-order valence-corrected chi connectivity index (χ3v) is 3.58. The van der Waals surface area contributed by atoms with Gasteiger partial charge in [-0.25, -0.2) is 4.39 Å².